The summed E-state index contributed by atoms with van der Waals surface area (Å²) in [5.41, 5.74) is -5.23. The van der Waals surface area contributed by atoms with Crippen LogP contribution in [0.2, 0.25) is 0 Å². The van der Waals surface area contributed by atoms with Crippen molar-refractivity contribution in [3.8, 4) is 0 Å². The molecule has 168 valence electrons. The molecule has 30 heavy (non-hydrogen) atoms. The van der Waals surface area contributed by atoms with Crippen LogP contribution in [-0.2, 0) is 11.2 Å². The number of carbonyl (C=O) groups is 1. The quantitative estimate of drug-likeness (QED) is 0.402. The number of benzene rings is 1. The molecule has 2 rings (SSSR count). The number of alkyl halides is 11. The molecule has 1 N–H and O–H groups in total. The molecule has 0 unspecified atom stereocenters. The van der Waals surface area contributed by atoms with Crippen molar-refractivity contribution in [2.75, 3.05) is 0 Å². The van der Waals surface area contributed by atoms with E-state index < -0.39 is 41.2 Å². The molecular weight excluding hydrogens is 445 g/mol. The second-order valence-electron chi connectivity index (χ2n) is 6.32. The highest BCUT2D eigenvalue weighted by Gasteiger charge is 3.02. The molecule has 1 aromatic carbocycles. The summed E-state index contributed by atoms with van der Waals surface area (Å²) in [6.45, 7) is 1.78. The van der Waals surface area contributed by atoms with Gasteiger partial charge in [0, 0.05) is 0 Å². The van der Waals surface area contributed by atoms with E-state index in [-0.39, 0.29) is 5.56 Å². The number of amides is 1. The van der Waals surface area contributed by atoms with Crippen LogP contribution < -0.4 is 5.43 Å². The summed E-state index contributed by atoms with van der Waals surface area (Å²) in [6, 6.07) is 5.64. The van der Waals surface area contributed by atoms with Gasteiger partial charge in [-0.15, -0.1) is 0 Å². The fraction of sp³-hybridized carbons (Fsp3) is 0.500. The number of hydrazone groups is 1. The molecule has 1 aliphatic rings. The smallest absolute Gasteiger partial charge is 0.269 e. The standard InChI is InChI=1S/C16H11F11N2O/c1-2-8-3-5-9(6-4-8)7-28-29-10(30)11(17)12(18,19)14(22,23)16(26,27)15(24,25)13(11,20)21/h3-7H,2H2,1H3,(H,29,30)/b28-7+. The summed E-state index contributed by atoms with van der Waals surface area (Å²) in [6.07, 6.45) is 1.15. The average Bonchev–Trinajstić information content (AvgIpc) is 2.66. The van der Waals surface area contributed by atoms with Crippen LogP contribution in [0.5, 0.6) is 0 Å². The molecule has 1 fully saturated rings. The molecule has 1 amide bonds. The first-order valence-electron chi connectivity index (χ1n) is 7.94. The van der Waals surface area contributed by atoms with Crippen molar-refractivity contribution < 1.29 is 53.1 Å². The maximum absolute atomic E-state index is 14.4. The van der Waals surface area contributed by atoms with Gasteiger partial charge in [0.25, 0.3) is 5.91 Å². The molecule has 14 heteroatoms. The first kappa shape index (κ1) is 23.9. The van der Waals surface area contributed by atoms with Crippen LogP contribution in [0, 0.1) is 0 Å². The minimum Gasteiger partial charge on any atom is -0.269 e. The number of halogens is 11. The lowest BCUT2D eigenvalue weighted by Gasteiger charge is -2.51. The van der Waals surface area contributed by atoms with Crippen molar-refractivity contribution in [2.45, 2.75) is 48.6 Å². The highest BCUT2D eigenvalue weighted by Crippen LogP contribution is 2.69. The molecule has 1 aliphatic carbocycles. The Hall–Kier alpha value is -2.41. The van der Waals surface area contributed by atoms with E-state index in [2.05, 4.69) is 5.10 Å². The van der Waals surface area contributed by atoms with E-state index in [9.17, 15) is 53.1 Å². The lowest BCUT2D eigenvalue weighted by Crippen LogP contribution is -2.86. The third-order valence-corrected chi connectivity index (χ3v) is 4.52. The Morgan fingerprint density at radius 3 is 1.60 bits per heavy atom. The maximum Gasteiger partial charge on any atom is 0.384 e. The van der Waals surface area contributed by atoms with Crippen LogP contribution in [0.25, 0.3) is 0 Å². The van der Waals surface area contributed by atoms with Crippen molar-refractivity contribution >= 4 is 12.1 Å². The summed E-state index contributed by atoms with van der Waals surface area (Å²) < 4.78 is 149. The zero-order valence-corrected chi connectivity index (χ0v) is 14.6. The zero-order chi connectivity index (χ0) is 23.4. The summed E-state index contributed by atoms with van der Waals surface area (Å²) in [5.74, 6) is -40.0. The predicted octanol–water partition coefficient (Wildman–Crippen LogP) is 4.60. The first-order chi connectivity index (χ1) is 13.4. The lowest BCUT2D eigenvalue weighted by atomic mass is 9.72. The zero-order valence-electron chi connectivity index (χ0n) is 14.6. The second-order valence-corrected chi connectivity index (χ2v) is 6.32. The Labute approximate surface area is 160 Å². The molecular formula is C16H11F11N2O. The fourth-order valence-corrected chi connectivity index (χ4v) is 2.59. The van der Waals surface area contributed by atoms with E-state index in [1.807, 2.05) is 0 Å². The van der Waals surface area contributed by atoms with Gasteiger partial charge in [-0.25, -0.2) is 9.82 Å². The van der Waals surface area contributed by atoms with Gasteiger partial charge < -0.3 is 0 Å². The Bertz CT molecular complexity index is 819. The molecule has 1 aromatic rings. The summed E-state index contributed by atoms with van der Waals surface area (Å²) in [4.78, 5) is 11.6. The Morgan fingerprint density at radius 2 is 1.20 bits per heavy atom. The molecule has 0 saturated heterocycles. The van der Waals surface area contributed by atoms with Gasteiger partial charge in [0.2, 0.25) is 0 Å². The number of hydrogen-bond donors (Lipinski definition) is 1. The van der Waals surface area contributed by atoms with Gasteiger partial charge in [-0.3, -0.25) is 4.79 Å². The molecule has 0 aliphatic heterocycles. The van der Waals surface area contributed by atoms with Crippen LogP contribution in [-0.4, -0.2) is 47.4 Å². The third kappa shape index (κ3) is 2.71. The van der Waals surface area contributed by atoms with E-state index in [1.165, 1.54) is 24.3 Å². The van der Waals surface area contributed by atoms with Crippen LogP contribution in [0.1, 0.15) is 18.1 Å². The number of hydrogen-bond acceptors (Lipinski definition) is 2. The molecule has 0 bridgehead atoms. The molecule has 1 saturated carbocycles. The number of aryl methyl sites for hydroxylation is 1. The number of nitrogens with one attached hydrogen (secondary N) is 1. The van der Waals surface area contributed by atoms with E-state index in [4.69, 9.17) is 0 Å². The van der Waals surface area contributed by atoms with Gasteiger partial charge in [0.15, 0.2) is 0 Å². The largest absolute Gasteiger partial charge is 0.384 e. The Morgan fingerprint density at radius 1 is 0.800 bits per heavy atom. The maximum atomic E-state index is 14.4. The monoisotopic (exact) mass is 456 g/mol. The SMILES string of the molecule is CCc1ccc(/C=N/NC(=O)C2(F)C(F)(F)C(F)(F)C(F)(F)C(F)(F)C2(F)F)cc1. The molecule has 0 radical (unpaired) electrons. The highest BCUT2D eigenvalue weighted by molar-refractivity contribution is 5.90. The fourth-order valence-electron chi connectivity index (χ4n) is 2.59. The van der Waals surface area contributed by atoms with Crippen LogP contribution in [0.4, 0.5) is 48.3 Å². The van der Waals surface area contributed by atoms with Crippen LogP contribution in [0.15, 0.2) is 29.4 Å². The van der Waals surface area contributed by atoms with E-state index in [0.29, 0.717) is 18.1 Å². The van der Waals surface area contributed by atoms with Crippen molar-refractivity contribution in [1.29, 1.82) is 0 Å². The highest BCUT2D eigenvalue weighted by atomic mass is 19.4. The van der Waals surface area contributed by atoms with Crippen molar-refractivity contribution in [3.05, 3.63) is 35.4 Å². The van der Waals surface area contributed by atoms with Crippen molar-refractivity contribution in [2.24, 2.45) is 5.10 Å². The van der Waals surface area contributed by atoms with Crippen molar-refractivity contribution in [3.63, 3.8) is 0 Å². The third-order valence-electron chi connectivity index (χ3n) is 4.52. The molecule has 0 atom stereocenters. The normalized spacial score (nSPS) is 25.1. The topological polar surface area (TPSA) is 41.5 Å². The van der Waals surface area contributed by atoms with Gasteiger partial charge >= 0.3 is 35.3 Å². The van der Waals surface area contributed by atoms with Crippen molar-refractivity contribution in [1.82, 2.24) is 5.43 Å². The van der Waals surface area contributed by atoms with Gasteiger partial charge in [-0.2, -0.15) is 49.0 Å². The minimum atomic E-state index is -7.38. The second kappa shape index (κ2) is 6.80. The van der Waals surface area contributed by atoms with Gasteiger partial charge in [0.1, 0.15) is 0 Å². The molecule has 0 spiro atoms. The Balaban J connectivity index is 2.45. The summed E-state index contributed by atoms with van der Waals surface area (Å²) in [7, 11) is 0. The van der Waals surface area contributed by atoms with Gasteiger partial charge in [-0.05, 0) is 17.5 Å². The Kier molecular flexibility index (Phi) is 5.41. The van der Waals surface area contributed by atoms with E-state index in [0.717, 1.165) is 5.56 Å². The lowest BCUT2D eigenvalue weighted by molar-refractivity contribution is -0.476. The molecule has 3 nitrogen and oxygen atoms in total. The van der Waals surface area contributed by atoms with E-state index in [1.54, 1.807) is 6.92 Å². The van der Waals surface area contributed by atoms with Crippen LogP contribution >= 0.6 is 0 Å². The van der Waals surface area contributed by atoms with Gasteiger partial charge in [0.05, 0.1) is 6.21 Å². The predicted molar refractivity (Wildman–Crippen MR) is 80.1 cm³/mol. The van der Waals surface area contributed by atoms with Gasteiger partial charge in [-0.1, -0.05) is 31.2 Å². The average molecular weight is 456 g/mol. The minimum absolute atomic E-state index is 0.0739. The van der Waals surface area contributed by atoms with E-state index >= 15 is 0 Å². The number of carbonyl (C=O) groups excluding carboxylic acids is 1. The summed E-state index contributed by atoms with van der Waals surface area (Å²) >= 11 is 0. The first-order valence-corrected chi connectivity index (χ1v) is 7.94. The van der Waals surface area contributed by atoms with Crippen LogP contribution in [0.3, 0.4) is 0 Å². The molecule has 0 heterocycles. The number of nitrogens with zero attached hydrogens (tertiary/aromatic N) is 1. The number of rotatable bonds is 4. The molecule has 0 aromatic heterocycles. The summed E-state index contributed by atoms with van der Waals surface area (Å²) in [5, 5.41) is 2.77.